The van der Waals surface area contributed by atoms with Gasteiger partial charge in [-0.05, 0) is 38.5 Å². The first-order valence-electron chi connectivity index (χ1n) is 7.02. The molecular formula is C14H22O4. The lowest BCUT2D eigenvalue weighted by Gasteiger charge is -2.27. The van der Waals surface area contributed by atoms with Gasteiger partial charge in [-0.1, -0.05) is 0 Å². The normalized spacial score (nSPS) is 41.2. The van der Waals surface area contributed by atoms with Gasteiger partial charge in [0.25, 0.3) is 0 Å². The summed E-state index contributed by atoms with van der Waals surface area (Å²) in [4.78, 5) is 12.0. The predicted molar refractivity (Wildman–Crippen MR) is 64.8 cm³/mol. The quantitative estimate of drug-likeness (QED) is 0.708. The van der Waals surface area contributed by atoms with Crippen LogP contribution in [0.5, 0.6) is 0 Å². The zero-order chi connectivity index (χ0) is 12.8. The van der Waals surface area contributed by atoms with Crippen molar-refractivity contribution < 1.29 is 19.0 Å². The highest BCUT2D eigenvalue weighted by Gasteiger charge is 2.57. The Morgan fingerprint density at radius 2 is 1.72 bits per heavy atom. The summed E-state index contributed by atoms with van der Waals surface area (Å²) < 4.78 is 16.8. The van der Waals surface area contributed by atoms with Crippen LogP contribution in [0.3, 0.4) is 0 Å². The second-order valence-corrected chi connectivity index (χ2v) is 6.23. The van der Waals surface area contributed by atoms with Crippen LogP contribution >= 0.6 is 0 Å². The van der Waals surface area contributed by atoms with Gasteiger partial charge in [0.1, 0.15) is 0 Å². The van der Waals surface area contributed by atoms with E-state index in [4.69, 9.17) is 14.2 Å². The molecule has 0 aromatic carbocycles. The third kappa shape index (κ3) is 1.86. The lowest BCUT2D eigenvalue weighted by Crippen LogP contribution is -2.31. The molecule has 3 atom stereocenters. The third-order valence-electron chi connectivity index (χ3n) is 4.82. The second kappa shape index (κ2) is 4.20. The Balaban J connectivity index is 1.67. The van der Waals surface area contributed by atoms with Crippen LogP contribution in [0, 0.1) is 17.3 Å². The fourth-order valence-corrected chi connectivity index (χ4v) is 4.14. The van der Waals surface area contributed by atoms with Gasteiger partial charge in [-0.2, -0.15) is 0 Å². The van der Waals surface area contributed by atoms with Gasteiger partial charge in [-0.3, -0.25) is 4.79 Å². The molecule has 1 aliphatic heterocycles. The molecule has 3 fully saturated rings. The van der Waals surface area contributed by atoms with Gasteiger partial charge < -0.3 is 14.2 Å². The van der Waals surface area contributed by atoms with E-state index in [1.165, 1.54) is 0 Å². The third-order valence-corrected chi connectivity index (χ3v) is 4.82. The van der Waals surface area contributed by atoms with Crippen molar-refractivity contribution in [2.75, 3.05) is 19.8 Å². The number of hydrogen-bond donors (Lipinski definition) is 0. The van der Waals surface area contributed by atoms with E-state index in [0.29, 0.717) is 31.7 Å². The Kier molecular flexibility index (Phi) is 2.90. The van der Waals surface area contributed by atoms with Crippen molar-refractivity contribution in [1.82, 2.24) is 0 Å². The Morgan fingerprint density at radius 1 is 1.17 bits per heavy atom. The number of esters is 1. The number of carbonyl (C=O) groups is 1. The van der Waals surface area contributed by atoms with Crippen LogP contribution in [-0.2, 0) is 19.0 Å². The van der Waals surface area contributed by atoms with Gasteiger partial charge in [0.2, 0.25) is 0 Å². The Morgan fingerprint density at radius 3 is 2.22 bits per heavy atom. The Bertz CT molecular complexity index is 330. The SMILES string of the molecule is CCOC(=O)[C@@]1(C)CC2CC3(C[C@H]2C1)OCCO3. The Hall–Kier alpha value is -0.610. The fourth-order valence-electron chi connectivity index (χ4n) is 4.14. The smallest absolute Gasteiger partial charge is 0.311 e. The highest BCUT2D eigenvalue weighted by atomic mass is 16.7. The van der Waals surface area contributed by atoms with Crippen LogP contribution in [0.1, 0.15) is 39.5 Å². The van der Waals surface area contributed by atoms with Crippen molar-refractivity contribution in [3.63, 3.8) is 0 Å². The highest BCUT2D eigenvalue weighted by Crippen LogP contribution is 2.57. The van der Waals surface area contributed by atoms with Gasteiger partial charge in [-0.25, -0.2) is 0 Å². The van der Waals surface area contributed by atoms with Gasteiger partial charge in [0.15, 0.2) is 5.79 Å². The minimum Gasteiger partial charge on any atom is -0.466 e. The van der Waals surface area contributed by atoms with Crippen LogP contribution in [0.2, 0.25) is 0 Å². The molecule has 4 heteroatoms. The zero-order valence-corrected chi connectivity index (χ0v) is 11.2. The minimum absolute atomic E-state index is 0.0262. The number of carbonyl (C=O) groups excluding carboxylic acids is 1. The summed E-state index contributed by atoms with van der Waals surface area (Å²) in [6.45, 7) is 5.82. The van der Waals surface area contributed by atoms with Crippen molar-refractivity contribution in [3.05, 3.63) is 0 Å². The lowest BCUT2D eigenvalue weighted by molar-refractivity contribution is -0.163. The Labute approximate surface area is 108 Å². The summed E-state index contributed by atoms with van der Waals surface area (Å²) in [5.74, 6) is 0.766. The second-order valence-electron chi connectivity index (χ2n) is 6.23. The van der Waals surface area contributed by atoms with Crippen LogP contribution in [0.4, 0.5) is 0 Å². The van der Waals surface area contributed by atoms with Crippen molar-refractivity contribution in [2.45, 2.75) is 45.3 Å². The maximum absolute atomic E-state index is 12.0. The number of rotatable bonds is 2. The molecule has 1 spiro atoms. The molecule has 0 aromatic rings. The largest absolute Gasteiger partial charge is 0.466 e. The van der Waals surface area contributed by atoms with E-state index in [2.05, 4.69) is 0 Å². The summed E-state index contributed by atoms with van der Waals surface area (Å²) in [5, 5.41) is 0. The van der Waals surface area contributed by atoms with Crippen LogP contribution < -0.4 is 0 Å². The van der Waals surface area contributed by atoms with Gasteiger partial charge in [0.05, 0.1) is 25.2 Å². The van der Waals surface area contributed by atoms with Gasteiger partial charge in [0, 0.05) is 12.8 Å². The van der Waals surface area contributed by atoms with E-state index in [-0.39, 0.29) is 17.2 Å². The molecule has 0 aromatic heterocycles. The van der Waals surface area contributed by atoms with E-state index in [1.54, 1.807) is 0 Å². The fraction of sp³-hybridized carbons (Fsp3) is 0.929. The molecular weight excluding hydrogens is 232 g/mol. The summed E-state index contributed by atoms with van der Waals surface area (Å²) in [6, 6.07) is 0. The molecule has 0 bridgehead atoms. The van der Waals surface area contributed by atoms with Crippen LogP contribution in [-0.4, -0.2) is 31.6 Å². The number of hydrogen-bond acceptors (Lipinski definition) is 4. The minimum atomic E-state index is -0.314. The molecule has 102 valence electrons. The van der Waals surface area contributed by atoms with Crippen molar-refractivity contribution in [3.8, 4) is 0 Å². The highest BCUT2D eigenvalue weighted by molar-refractivity contribution is 5.76. The monoisotopic (exact) mass is 254 g/mol. The molecule has 1 saturated heterocycles. The molecule has 0 N–H and O–H groups in total. The molecule has 1 heterocycles. The van der Waals surface area contributed by atoms with E-state index < -0.39 is 0 Å². The average Bonchev–Trinajstić information content (AvgIpc) is 2.95. The number of fused-ring (bicyclic) bond motifs is 1. The van der Waals surface area contributed by atoms with E-state index in [0.717, 1.165) is 25.7 Å². The molecule has 18 heavy (non-hydrogen) atoms. The van der Waals surface area contributed by atoms with E-state index >= 15 is 0 Å². The van der Waals surface area contributed by atoms with E-state index in [1.807, 2.05) is 13.8 Å². The summed E-state index contributed by atoms with van der Waals surface area (Å²) in [5.41, 5.74) is -0.286. The summed E-state index contributed by atoms with van der Waals surface area (Å²) >= 11 is 0. The van der Waals surface area contributed by atoms with E-state index in [9.17, 15) is 4.79 Å². The van der Waals surface area contributed by atoms with Crippen molar-refractivity contribution in [1.29, 1.82) is 0 Å². The molecule has 2 saturated carbocycles. The predicted octanol–water partition coefficient (Wildman–Crippen LogP) is 2.12. The molecule has 1 unspecified atom stereocenters. The summed E-state index contributed by atoms with van der Waals surface area (Å²) in [6.07, 6.45) is 3.75. The lowest BCUT2D eigenvalue weighted by atomic mass is 9.85. The van der Waals surface area contributed by atoms with Crippen LogP contribution in [0.25, 0.3) is 0 Å². The molecule has 3 rings (SSSR count). The topological polar surface area (TPSA) is 44.8 Å². The van der Waals surface area contributed by atoms with Crippen LogP contribution in [0.15, 0.2) is 0 Å². The molecule has 2 aliphatic carbocycles. The molecule has 4 nitrogen and oxygen atoms in total. The zero-order valence-electron chi connectivity index (χ0n) is 11.2. The molecule has 3 aliphatic rings. The first kappa shape index (κ1) is 12.4. The first-order valence-corrected chi connectivity index (χ1v) is 7.02. The first-order chi connectivity index (χ1) is 8.57. The van der Waals surface area contributed by atoms with Gasteiger partial charge in [-0.15, -0.1) is 0 Å². The van der Waals surface area contributed by atoms with Crippen molar-refractivity contribution >= 4 is 5.97 Å². The average molecular weight is 254 g/mol. The molecule has 0 amide bonds. The molecule has 0 radical (unpaired) electrons. The van der Waals surface area contributed by atoms with Gasteiger partial charge >= 0.3 is 5.97 Å². The van der Waals surface area contributed by atoms with Crippen molar-refractivity contribution in [2.24, 2.45) is 17.3 Å². The summed E-state index contributed by atoms with van der Waals surface area (Å²) in [7, 11) is 0. The maximum Gasteiger partial charge on any atom is 0.311 e. The maximum atomic E-state index is 12.0. The standard InChI is InChI=1S/C14H22O4/c1-3-16-12(15)13(2)6-10-8-14(9-11(10)7-13)17-4-5-18-14/h10-11H,3-9H2,1-2H3/t10-,11?,13-/m1/s1. The number of ether oxygens (including phenoxy) is 3.